The highest BCUT2D eigenvalue weighted by Gasteiger charge is 2.36. The Bertz CT molecular complexity index is 458. The van der Waals surface area contributed by atoms with Crippen molar-refractivity contribution in [2.75, 3.05) is 5.75 Å². The van der Waals surface area contributed by atoms with E-state index in [9.17, 15) is 4.79 Å². The quantitative estimate of drug-likeness (QED) is 0.537. The molecule has 1 aliphatic rings. The van der Waals surface area contributed by atoms with Gasteiger partial charge in [0.1, 0.15) is 0 Å². The van der Waals surface area contributed by atoms with Crippen LogP contribution < -0.4 is 11.1 Å². The maximum atomic E-state index is 11.6. The molecule has 1 fully saturated rings. The Morgan fingerprint density at radius 1 is 1.60 bits per heavy atom. The van der Waals surface area contributed by atoms with Crippen LogP contribution in [0.15, 0.2) is 17.3 Å². The molecule has 1 saturated carbocycles. The molecule has 20 heavy (non-hydrogen) atoms. The maximum Gasteiger partial charge on any atom is 0.237 e. The lowest BCUT2D eigenvalue weighted by molar-refractivity contribution is -0.124. The number of nitrogens with one attached hydrogen (secondary N) is 1. The maximum absolute atomic E-state index is 11.6. The number of hydrogen-bond donors (Lipinski definition) is 2. The molecule has 5 nitrogen and oxygen atoms in total. The molecule has 1 heterocycles. The second-order valence-corrected chi connectivity index (χ2v) is 6.94. The molecule has 0 aromatic carbocycles. The van der Waals surface area contributed by atoms with Crippen LogP contribution in [0.5, 0.6) is 0 Å². The van der Waals surface area contributed by atoms with Crippen molar-refractivity contribution in [3.05, 3.63) is 12.4 Å². The van der Waals surface area contributed by atoms with Crippen molar-refractivity contribution in [2.45, 2.75) is 55.5 Å². The van der Waals surface area contributed by atoms with Crippen molar-refractivity contribution in [1.29, 1.82) is 0 Å². The first-order chi connectivity index (χ1) is 9.49. The minimum atomic E-state index is -0.542. The van der Waals surface area contributed by atoms with Gasteiger partial charge in [-0.05, 0) is 38.4 Å². The summed E-state index contributed by atoms with van der Waals surface area (Å²) in [7, 11) is 1.92. The highest BCUT2D eigenvalue weighted by Crippen LogP contribution is 2.26. The molecule has 0 aliphatic heterocycles. The molecular weight excluding hydrogens is 272 g/mol. The third kappa shape index (κ3) is 4.52. The van der Waals surface area contributed by atoms with E-state index in [2.05, 4.69) is 10.4 Å². The summed E-state index contributed by atoms with van der Waals surface area (Å²) in [6, 6.07) is 0.497. The lowest BCUT2D eigenvalue weighted by Crippen LogP contribution is -2.53. The number of aromatic nitrogens is 2. The molecule has 1 aliphatic carbocycles. The molecule has 0 bridgehead atoms. The lowest BCUT2D eigenvalue weighted by Gasteiger charge is -2.27. The van der Waals surface area contributed by atoms with Gasteiger partial charge in [-0.3, -0.25) is 9.48 Å². The van der Waals surface area contributed by atoms with Gasteiger partial charge in [0.05, 0.1) is 11.7 Å². The average Bonchev–Trinajstić information content (AvgIpc) is 3.09. The van der Waals surface area contributed by atoms with Crippen LogP contribution in [-0.4, -0.2) is 33.0 Å². The number of carbonyl (C=O) groups is 1. The van der Waals surface area contributed by atoms with Gasteiger partial charge in [-0.15, -0.1) is 11.8 Å². The number of hydrogen-bond acceptors (Lipinski definition) is 4. The molecule has 3 N–H and O–H groups in total. The lowest BCUT2D eigenvalue weighted by atomic mass is 9.94. The van der Waals surface area contributed by atoms with Crippen LogP contribution in [0.25, 0.3) is 0 Å². The first kappa shape index (κ1) is 15.4. The number of amides is 1. The van der Waals surface area contributed by atoms with Gasteiger partial charge in [-0.1, -0.05) is 6.42 Å². The van der Waals surface area contributed by atoms with E-state index in [4.69, 9.17) is 5.73 Å². The topological polar surface area (TPSA) is 72.9 Å². The van der Waals surface area contributed by atoms with Crippen LogP contribution in [-0.2, 0) is 11.8 Å². The average molecular weight is 296 g/mol. The molecule has 2 rings (SSSR count). The van der Waals surface area contributed by atoms with Crippen LogP contribution >= 0.6 is 11.8 Å². The fourth-order valence-corrected chi connectivity index (χ4v) is 3.12. The first-order valence-corrected chi connectivity index (χ1v) is 8.17. The summed E-state index contributed by atoms with van der Waals surface area (Å²) in [5, 5.41) is 7.53. The molecule has 1 unspecified atom stereocenters. The molecule has 1 atom stereocenters. The van der Waals surface area contributed by atoms with Gasteiger partial charge in [0.2, 0.25) is 5.91 Å². The number of carbonyl (C=O) groups excluding carboxylic acids is 1. The second kappa shape index (κ2) is 6.63. The largest absolute Gasteiger partial charge is 0.368 e. The Hall–Kier alpha value is -1.01. The summed E-state index contributed by atoms with van der Waals surface area (Å²) < 4.78 is 1.81. The normalized spacial score (nSPS) is 17.9. The van der Waals surface area contributed by atoms with Gasteiger partial charge in [-0.25, -0.2) is 0 Å². The van der Waals surface area contributed by atoms with E-state index in [1.165, 1.54) is 17.7 Å². The van der Waals surface area contributed by atoms with E-state index in [0.29, 0.717) is 6.04 Å². The molecule has 0 radical (unpaired) electrons. The SMILES string of the molecule is Cn1cc(SCCCCC(C)(NC2CC2)C(N)=O)cn1. The second-order valence-electron chi connectivity index (χ2n) is 5.77. The van der Waals surface area contributed by atoms with E-state index in [-0.39, 0.29) is 5.91 Å². The summed E-state index contributed by atoms with van der Waals surface area (Å²) in [5.74, 6) is 0.813. The Morgan fingerprint density at radius 3 is 2.90 bits per heavy atom. The Kier molecular flexibility index (Phi) is 5.10. The van der Waals surface area contributed by atoms with Gasteiger partial charge in [-0.2, -0.15) is 5.10 Å². The van der Waals surface area contributed by atoms with Crippen LogP contribution in [0.1, 0.15) is 39.0 Å². The number of nitrogens with zero attached hydrogens (tertiary/aromatic N) is 2. The third-order valence-electron chi connectivity index (χ3n) is 3.66. The van der Waals surface area contributed by atoms with Gasteiger partial charge in [0.15, 0.2) is 0 Å². The van der Waals surface area contributed by atoms with Crippen LogP contribution in [0.3, 0.4) is 0 Å². The molecule has 0 spiro atoms. The van der Waals surface area contributed by atoms with E-state index in [1.807, 2.05) is 31.0 Å². The minimum Gasteiger partial charge on any atom is -0.368 e. The number of rotatable bonds is 9. The van der Waals surface area contributed by atoms with Crippen molar-refractivity contribution >= 4 is 17.7 Å². The summed E-state index contributed by atoms with van der Waals surface area (Å²) in [6.07, 6.45) is 9.13. The van der Waals surface area contributed by atoms with Crippen molar-refractivity contribution < 1.29 is 4.79 Å². The zero-order valence-electron chi connectivity index (χ0n) is 12.3. The summed E-state index contributed by atoms with van der Waals surface area (Å²) in [4.78, 5) is 12.8. The fraction of sp³-hybridized carbons (Fsp3) is 0.714. The van der Waals surface area contributed by atoms with Gasteiger partial charge in [0, 0.05) is 24.2 Å². The summed E-state index contributed by atoms with van der Waals surface area (Å²) in [5.41, 5.74) is 5.00. The predicted octanol–water partition coefficient (Wildman–Crippen LogP) is 1.68. The molecule has 1 aromatic heterocycles. The van der Waals surface area contributed by atoms with E-state index < -0.39 is 5.54 Å². The number of thioether (sulfide) groups is 1. The predicted molar refractivity (Wildman–Crippen MR) is 81.5 cm³/mol. The first-order valence-electron chi connectivity index (χ1n) is 7.19. The summed E-state index contributed by atoms with van der Waals surface area (Å²) >= 11 is 1.81. The molecule has 6 heteroatoms. The van der Waals surface area contributed by atoms with Crippen molar-refractivity contribution in [2.24, 2.45) is 12.8 Å². The van der Waals surface area contributed by atoms with Crippen molar-refractivity contribution in [1.82, 2.24) is 15.1 Å². The van der Waals surface area contributed by atoms with Gasteiger partial charge >= 0.3 is 0 Å². The molecule has 1 amide bonds. The van der Waals surface area contributed by atoms with Crippen LogP contribution in [0, 0.1) is 0 Å². The molecular formula is C14H24N4OS. The monoisotopic (exact) mass is 296 g/mol. The number of aryl methyl sites for hydroxylation is 1. The zero-order chi connectivity index (χ0) is 14.6. The zero-order valence-corrected chi connectivity index (χ0v) is 13.1. The summed E-state index contributed by atoms with van der Waals surface area (Å²) in [6.45, 7) is 1.93. The minimum absolute atomic E-state index is 0.232. The van der Waals surface area contributed by atoms with Gasteiger partial charge in [0.25, 0.3) is 0 Å². The van der Waals surface area contributed by atoms with E-state index >= 15 is 0 Å². The van der Waals surface area contributed by atoms with Crippen molar-refractivity contribution in [3.8, 4) is 0 Å². The smallest absolute Gasteiger partial charge is 0.237 e. The Morgan fingerprint density at radius 2 is 2.35 bits per heavy atom. The van der Waals surface area contributed by atoms with Gasteiger partial charge < -0.3 is 11.1 Å². The molecule has 112 valence electrons. The number of primary amides is 1. The highest BCUT2D eigenvalue weighted by molar-refractivity contribution is 7.99. The Balaban J connectivity index is 1.66. The van der Waals surface area contributed by atoms with Crippen LogP contribution in [0.2, 0.25) is 0 Å². The van der Waals surface area contributed by atoms with E-state index in [1.54, 1.807) is 11.8 Å². The standard InChI is InChI=1S/C14H24N4OS/c1-14(13(15)19,17-11-5-6-11)7-3-4-8-20-12-9-16-18(2)10-12/h9-11,17H,3-8H2,1-2H3,(H2,15,19). The Labute approximate surface area is 124 Å². The molecule has 0 saturated heterocycles. The van der Waals surface area contributed by atoms with E-state index in [0.717, 1.165) is 25.0 Å². The van der Waals surface area contributed by atoms with Crippen molar-refractivity contribution in [3.63, 3.8) is 0 Å². The number of unbranched alkanes of at least 4 members (excludes halogenated alkanes) is 1. The highest BCUT2D eigenvalue weighted by atomic mass is 32.2. The third-order valence-corrected chi connectivity index (χ3v) is 4.70. The van der Waals surface area contributed by atoms with Crippen LogP contribution in [0.4, 0.5) is 0 Å². The molecule has 1 aromatic rings. The fourth-order valence-electron chi connectivity index (χ4n) is 2.19. The number of nitrogens with two attached hydrogens (primary N) is 1.